The molecule has 0 N–H and O–H groups in total. The van der Waals surface area contributed by atoms with Crippen LogP contribution in [0.25, 0.3) is 0 Å². The summed E-state index contributed by atoms with van der Waals surface area (Å²) in [6, 6.07) is 0. The zero-order chi connectivity index (χ0) is 9.28. The lowest BCUT2D eigenvalue weighted by atomic mass is 10.9. The zero-order valence-corrected chi connectivity index (χ0v) is 11.0. The van der Waals surface area contributed by atoms with Gasteiger partial charge in [-0.25, -0.2) is 0 Å². The van der Waals surface area contributed by atoms with E-state index in [2.05, 4.69) is 46.2 Å². The molecule has 0 aromatic rings. The Hall–Kier alpha value is 0.394. The molecule has 0 saturated carbocycles. The van der Waals surface area contributed by atoms with Crippen LogP contribution in [0.1, 0.15) is 6.92 Å². The molecule has 1 nitrogen and oxygen atoms in total. The van der Waals surface area contributed by atoms with E-state index in [1.54, 1.807) is 0 Å². The molecule has 0 aliphatic carbocycles. The summed E-state index contributed by atoms with van der Waals surface area (Å²) in [5, 5.41) is 0. The Kier molecular flexibility index (Phi) is 3.53. The van der Waals surface area contributed by atoms with Crippen molar-refractivity contribution >= 4 is 16.4 Å². The van der Waals surface area contributed by atoms with Gasteiger partial charge in [0.2, 0.25) is 0 Å². The van der Waals surface area contributed by atoms with E-state index in [-0.39, 0.29) is 0 Å². The van der Waals surface area contributed by atoms with Crippen LogP contribution in [-0.4, -0.2) is 22.1 Å². The predicted octanol–water partition coefficient (Wildman–Crippen LogP) is 3.10. The highest BCUT2D eigenvalue weighted by molar-refractivity contribution is 6.79. The minimum absolute atomic E-state index is 0.508. The quantitative estimate of drug-likeness (QED) is 0.621. The summed E-state index contributed by atoms with van der Waals surface area (Å²) in [6.07, 6.45) is 0. The third kappa shape index (κ3) is 5.64. The molecule has 1 unspecified atom stereocenters. The summed E-state index contributed by atoms with van der Waals surface area (Å²) in [7, 11) is -2.35. The Morgan fingerprint density at radius 1 is 0.909 bits per heavy atom. The van der Waals surface area contributed by atoms with Crippen LogP contribution in [-0.2, 0) is 4.43 Å². The third-order valence-electron chi connectivity index (χ3n) is 1.75. The second-order valence-corrected chi connectivity index (χ2v) is 15.2. The molecule has 0 aromatic carbocycles. The second-order valence-electron chi connectivity index (χ2n) is 5.24. The SMILES string of the molecule is CC(O[Si](C)(C)C)[Si](C)(C)C. The summed E-state index contributed by atoms with van der Waals surface area (Å²) in [6.45, 7) is 16.1. The maximum absolute atomic E-state index is 6.00. The Morgan fingerprint density at radius 3 is 1.36 bits per heavy atom. The van der Waals surface area contributed by atoms with Gasteiger partial charge in [0.1, 0.15) is 0 Å². The highest BCUT2D eigenvalue weighted by Crippen LogP contribution is 2.16. The fourth-order valence-electron chi connectivity index (χ4n) is 0.707. The lowest BCUT2D eigenvalue weighted by Crippen LogP contribution is -2.44. The summed E-state index contributed by atoms with van der Waals surface area (Å²) >= 11 is 0. The van der Waals surface area contributed by atoms with Crippen molar-refractivity contribution in [3.8, 4) is 0 Å². The van der Waals surface area contributed by atoms with Gasteiger partial charge >= 0.3 is 0 Å². The molecule has 0 spiro atoms. The van der Waals surface area contributed by atoms with Crippen LogP contribution in [0.4, 0.5) is 0 Å². The summed E-state index contributed by atoms with van der Waals surface area (Å²) in [5.41, 5.74) is 0.508. The maximum atomic E-state index is 6.00. The topological polar surface area (TPSA) is 9.23 Å². The first-order chi connectivity index (χ1) is 4.63. The minimum Gasteiger partial charge on any atom is -0.418 e. The van der Waals surface area contributed by atoms with E-state index in [9.17, 15) is 0 Å². The van der Waals surface area contributed by atoms with Crippen LogP contribution in [0.3, 0.4) is 0 Å². The van der Waals surface area contributed by atoms with Crippen molar-refractivity contribution in [1.29, 1.82) is 0 Å². The summed E-state index contributed by atoms with van der Waals surface area (Å²) in [4.78, 5) is 0. The number of hydrogen-bond donors (Lipinski definition) is 0. The van der Waals surface area contributed by atoms with Crippen molar-refractivity contribution in [2.24, 2.45) is 0 Å². The predicted molar refractivity (Wildman–Crippen MR) is 57.2 cm³/mol. The average molecular weight is 190 g/mol. The van der Waals surface area contributed by atoms with Gasteiger partial charge in [-0.2, -0.15) is 0 Å². The van der Waals surface area contributed by atoms with Crippen LogP contribution < -0.4 is 0 Å². The molecule has 68 valence electrons. The largest absolute Gasteiger partial charge is 0.418 e. The Balaban J connectivity index is 3.99. The van der Waals surface area contributed by atoms with Gasteiger partial charge in [0.15, 0.2) is 8.32 Å². The lowest BCUT2D eigenvalue weighted by molar-refractivity contribution is 0.282. The number of hydrogen-bond acceptors (Lipinski definition) is 1. The molecular formula is C8H22OSi2. The van der Waals surface area contributed by atoms with Gasteiger partial charge in [-0.05, 0) is 26.6 Å². The highest BCUT2D eigenvalue weighted by atomic mass is 28.4. The van der Waals surface area contributed by atoms with Crippen LogP contribution in [0.5, 0.6) is 0 Å². The molecule has 11 heavy (non-hydrogen) atoms. The molecule has 0 amide bonds. The summed E-state index contributed by atoms with van der Waals surface area (Å²) in [5.74, 6) is 0. The standard InChI is InChI=1S/C8H22OSi2/c1-8(10(2,3)4)9-11(5,6)7/h8H,1-7H3. The van der Waals surface area contributed by atoms with Gasteiger partial charge in [-0.1, -0.05) is 19.6 Å². The first kappa shape index (κ1) is 11.4. The van der Waals surface area contributed by atoms with Crippen molar-refractivity contribution < 1.29 is 4.43 Å². The first-order valence-corrected chi connectivity index (χ1v) is 11.3. The minimum atomic E-state index is -1.30. The van der Waals surface area contributed by atoms with E-state index in [1.807, 2.05) is 0 Å². The second kappa shape index (κ2) is 3.41. The van der Waals surface area contributed by atoms with E-state index >= 15 is 0 Å². The summed E-state index contributed by atoms with van der Waals surface area (Å²) < 4.78 is 6.00. The lowest BCUT2D eigenvalue weighted by Gasteiger charge is -2.31. The fourth-order valence-corrected chi connectivity index (χ4v) is 4.24. The van der Waals surface area contributed by atoms with Crippen molar-refractivity contribution in [2.75, 3.05) is 0 Å². The molecule has 1 atom stereocenters. The molecular weight excluding hydrogens is 168 g/mol. The molecule has 0 fully saturated rings. The molecule has 0 aromatic heterocycles. The molecule has 0 rings (SSSR count). The third-order valence-corrected chi connectivity index (χ3v) is 5.60. The smallest absolute Gasteiger partial charge is 0.183 e. The molecule has 0 bridgehead atoms. The van der Waals surface area contributed by atoms with Crippen LogP contribution in [0.15, 0.2) is 0 Å². The Bertz CT molecular complexity index is 121. The maximum Gasteiger partial charge on any atom is 0.183 e. The van der Waals surface area contributed by atoms with Gasteiger partial charge in [0.05, 0.1) is 8.07 Å². The van der Waals surface area contributed by atoms with E-state index in [1.165, 1.54) is 0 Å². The van der Waals surface area contributed by atoms with Gasteiger partial charge in [0, 0.05) is 5.73 Å². The van der Waals surface area contributed by atoms with E-state index in [0.29, 0.717) is 5.73 Å². The van der Waals surface area contributed by atoms with Crippen LogP contribution >= 0.6 is 0 Å². The van der Waals surface area contributed by atoms with Gasteiger partial charge in [-0.3, -0.25) is 0 Å². The zero-order valence-electron chi connectivity index (χ0n) is 8.99. The fraction of sp³-hybridized carbons (Fsp3) is 1.00. The number of rotatable bonds is 3. The van der Waals surface area contributed by atoms with E-state index in [4.69, 9.17) is 4.43 Å². The highest BCUT2D eigenvalue weighted by Gasteiger charge is 2.28. The van der Waals surface area contributed by atoms with Gasteiger partial charge in [0.25, 0.3) is 0 Å². The monoisotopic (exact) mass is 190 g/mol. The molecule has 3 heteroatoms. The van der Waals surface area contributed by atoms with Crippen molar-refractivity contribution in [3.05, 3.63) is 0 Å². The first-order valence-electron chi connectivity index (χ1n) is 4.31. The molecule has 0 aliphatic heterocycles. The van der Waals surface area contributed by atoms with E-state index in [0.717, 1.165) is 0 Å². The van der Waals surface area contributed by atoms with Crippen LogP contribution in [0.2, 0.25) is 39.3 Å². The van der Waals surface area contributed by atoms with Crippen molar-refractivity contribution in [1.82, 2.24) is 0 Å². The van der Waals surface area contributed by atoms with Crippen molar-refractivity contribution in [3.63, 3.8) is 0 Å². The molecule has 0 heterocycles. The molecule has 0 saturated heterocycles. The van der Waals surface area contributed by atoms with Crippen LogP contribution in [0, 0.1) is 0 Å². The van der Waals surface area contributed by atoms with Gasteiger partial charge in [-0.15, -0.1) is 0 Å². The van der Waals surface area contributed by atoms with E-state index < -0.39 is 16.4 Å². The van der Waals surface area contributed by atoms with Gasteiger partial charge < -0.3 is 4.43 Å². The molecule has 0 radical (unpaired) electrons. The Morgan fingerprint density at radius 2 is 1.27 bits per heavy atom. The average Bonchev–Trinajstić information content (AvgIpc) is 1.56. The van der Waals surface area contributed by atoms with Crippen molar-refractivity contribution in [2.45, 2.75) is 51.9 Å². The Labute approximate surface area is 73.3 Å². The normalized spacial score (nSPS) is 16.6. The molecule has 0 aliphatic rings.